The van der Waals surface area contributed by atoms with Gasteiger partial charge in [-0.2, -0.15) is 10.3 Å². The number of tetrazole rings is 1. The molecule has 0 unspecified atom stereocenters. The van der Waals surface area contributed by atoms with Crippen molar-refractivity contribution in [2.24, 2.45) is 0 Å². The fourth-order valence-corrected chi connectivity index (χ4v) is 1.98. The Morgan fingerprint density at radius 1 is 1.29 bits per heavy atom. The van der Waals surface area contributed by atoms with Gasteiger partial charge in [0.25, 0.3) is 5.91 Å². The van der Waals surface area contributed by atoms with Crippen molar-refractivity contribution in [2.45, 2.75) is 6.54 Å². The average Bonchev–Trinajstić information content (AvgIpc) is 3.20. The molecular weight excluding hydrogens is 270 g/mol. The highest BCUT2D eigenvalue weighted by Gasteiger charge is 2.13. The molecule has 0 saturated heterocycles. The van der Waals surface area contributed by atoms with Crippen LogP contribution in [0.5, 0.6) is 0 Å². The maximum absolute atomic E-state index is 12.3. The molecule has 1 aromatic carbocycles. The van der Waals surface area contributed by atoms with Crippen LogP contribution < -0.4 is 0 Å². The van der Waals surface area contributed by atoms with Crippen molar-refractivity contribution in [1.82, 2.24) is 35.7 Å². The van der Waals surface area contributed by atoms with Gasteiger partial charge in [-0.05, 0) is 17.3 Å². The van der Waals surface area contributed by atoms with Gasteiger partial charge in [0.15, 0.2) is 0 Å². The van der Waals surface area contributed by atoms with Crippen LogP contribution in [0.4, 0.5) is 0 Å². The number of H-pyrrole nitrogens is 2. The Kier molecular flexibility index (Phi) is 3.42. The van der Waals surface area contributed by atoms with E-state index in [0.717, 1.165) is 11.1 Å². The van der Waals surface area contributed by atoms with Crippen LogP contribution in [-0.2, 0) is 6.54 Å². The number of nitrogens with one attached hydrogen (secondary N) is 2. The van der Waals surface area contributed by atoms with Gasteiger partial charge in [-0.1, -0.05) is 12.1 Å². The van der Waals surface area contributed by atoms with E-state index < -0.39 is 0 Å². The van der Waals surface area contributed by atoms with Crippen molar-refractivity contribution in [3.8, 4) is 11.4 Å². The Morgan fingerprint density at radius 2 is 2.10 bits per heavy atom. The smallest absolute Gasteiger partial charge is 0.253 e. The van der Waals surface area contributed by atoms with Crippen molar-refractivity contribution in [1.29, 1.82) is 0 Å². The van der Waals surface area contributed by atoms with Crippen molar-refractivity contribution in [2.75, 3.05) is 7.05 Å². The normalized spacial score (nSPS) is 10.5. The van der Waals surface area contributed by atoms with Gasteiger partial charge in [0, 0.05) is 36.5 Å². The van der Waals surface area contributed by atoms with Gasteiger partial charge in [0.2, 0.25) is 5.82 Å². The van der Waals surface area contributed by atoms with Crippen molar-refractivity contribution in [3.63, 3.8) is 0 Å². The minimum Gasteiger partial charge on any atom is -0.337 e. The fourth-order valence-electron chi connectivity index (χ4n) is 1.98. The van der Waals surface area contributed by atoms with E-state index in [1.54, 1.807) is 48.6 Å². The number of nitrogens with zero attached hydrogens (tertiary/aromatic N) is 5. The van der Waals surface area contributed by atoms with Crippen LogP contribution in [0, 0.1) is 0 Å². The average molecular weight is 283 g/mol. The molecule has 0 aliphatic rings. The van der Waals surface area contributed by atoms with Crippen molar-refractivity contribution < 1.29 is 4.79 Å². The zero-order valence-electron chi connectivity index (χ0n) is 11.3. The molecule has 1 amide bonds. The molecule has 0 saturated carbocycles. The third kappa shape index (κ3) is 2.78. The number of aromatic nitrogens is 6. The van der Waals surface area contributed by atoms with E-state index in [2.05, 4.69) is 30.8 Å². The Bertz CT molecular complexity index is 704. The summed E-state index contributed by atoms with van der Waals surface area (Å²) in [6, 6.07) is 7.09. The lowest BCUT2D eigenvalue weighted by Crippen LogP contribution is -2.25. The Hall–Kier alpha value is -3.03. The molecule has 0 atom stereocenters. The molecule has 2 aromatic heterocycles. The molecule has 8 nitrogen and oxygen atoms in total. The lowest BCUT2D eigenvalue weighted by Gasteiger charge is -2.16. The van der Waals surface area contributed by atoms with Gasteiger partial charge in [-0.3, -0.25) is 9.89 Å². The second-order valence-electron chi connectivity index (χ2n) is 4.58. The zero-order chi connectivity index (χ0) is 14.7. The minimum atomic E-state index is -0.0594. The van der Waals surface area contributed by atoms with E-state index in [4.69, 9.17) is 0 Å². The van der Waals surface area contributed by atoms with E-state index in [-0.39, 0.29) is 5.91 Å². The Balaban J connectivity index is 1.72. The van der Waals surface area contributed by atoms with E-state index in [1.165, 1.54) is 0 Å². The van der Waals surface area contributed by atoms with Crippen LogP contribution in [0.15, 0.2) is 36.7 Å². The van der Waals surface area contributed by atoms with Crippen molar-refractivity contribution in [3.05, 3.63) is 47.8 Å². The molecule has 2 heterocycles. The molecule has 3 rings (SSSR count). The lowest BCUT2D eigenvalue weighted by molar-refractivity contribution is 0.0785. The predicted molar refractivity (Wildman–Crippen MR) is 74.0 cm³/mol. The first kappa shape index (κ1) is 13.0. The summed E-state index contributed by atoms with van der Waals surface area (Å²) in [4.78, 5) is 13.9. The maximum Gasteiger partial charge on any atom is 0.253 e. The topological polar surface area (TPSA) is 103 Å². The first-order chi connectivity index (χ1) is 10.2. The van der Waals surface area contributed by atoms with Gasteiger partial charge in [-0.25, -0.2) is 0 Å². The highest BCUT2D eigenvalue weighted by Crippen LogP contribution is 2.15. The maximum atomic E-state index is 12.3. The molecular formula is C13H13N7O. The zero-order valence-corrected chi connectivity index (χ0v) is 11.3. The first-order valence-electron chi connectivity index (χ1n) is 6.31. The van der Waals surface area contributed by atoms with Gasteiger partial charge in [0.1, 0.15) is 0 Å². The van der Waals surface area contributed by atoms with Gasteiger partial charge in [0.05, 0.1) is 6.20 Å². The summed E-state index contributed by atoms with van der Waals surface area (Å²) in [7, 11) is 1.75. The molecule has 0 bridgehead atoms. The summed E-state index contributed by atoms with van der Waals surface area (Å²) in [6.07, 6.45) is 3.46. The van der Waals surface area contributed by atoms with Crippen LogP contribution in [0.2, 0.25) is 0 Å². The minimum absolute atomic E-state index is 0.0594. The van der Waals surface area contributed by atoms with E-state index in [0.29, 0.717) is 17.9 Å². The number of carbonyl (C=O) groups is 1. The highest BCUT2D eigenvalue weighted by molar-refractivity contribution is 5.94. The van der Waals surface area contributed by atoms with E-state index >= 15 is 0 Å². The van der Waals surface area contributed by atoms with Gasteiger partial charge >= 0.3 is 0 Å². The van der Waals surface area contributed by atoms with Crippen LogP contribution >= 0.6 is 0 Å². The monoisotopic (exact) mass is 283 g/mol. The number of hydrogen-bond donors (Lipinski definition) is 2. The van der Waals surface area contributed by atoms with E-state index in [1.807, 2.05) is 0 Å². The summed E-state index contributed by atoms with van der Waals surface area (Å²) >= 11 is 0. The molecule has 0 fully saturated rings. The molecule has 0 radical (unpaired) electrons. The largest absolute Gasteiger partial charge is 0.337 e. The standard InChI is InChI=1S/C13H13N7O/c1-20(8-9-6-14-15-7-9)13(21)11-4-2-10(3-5-11)12-16-18-19-17-12/h2-7H,8H2,1H3,(H,14,15)(H,16,17,18,19). The molecule has 0 aliphatic carbocycles. The summed E-state index contributed by atoms with van der Waals surface area (Å²) < 4.78 is 0. The molecule has 0 spiro atoms. The second-order valence-corrected chi connectivity index (χ2v) is 4.58. The van der Waals surface area contributed by atoms with Crippen LogP contribution in [0.3, 0.4) is 0 Å². The lowest BCUT2D eigenvalue weighted by atomic mass is 10.1. The molecule has 0 aliphatic heterocycles. The summed E-state index contributed by atoms with van der Waals surface area (Å²) in [5, 5.41) is 20.3. The Labute approximate surface area is 120 Å². The molecule has 106 valence electrons. The number of amides is 1. The second kappa shape index (κ2) is 5.53. The number of aromatic amines is 2. The van der Waals surface area contributed by atoms with Gasteiger partial charge < -0.3 is 4.90 Å². The Morgan fingerprint density at radius 3 is 2.71 bits per heavy atom. The number of rotatable bonds is 4. The molecule has 21 heavy (non-hydrogen) atoms. The number of carbonyl (C=O) groups excluding carboxylic acids is 1. The summed E-state index contributed by atoms with van der Waals surface area (Å²) in [5.41, 5.74) is 2.36. The SMILES string of the molecule is CN(Cc1cn[nH]c1)C(=O)c1ccc(-c2nn[nH]n2)cc1. The highest BCUT2D eigenvalue weighted by atomic mass is 16.2. The van der Waals surface area contributed by atoms with E-state index in [9.17, 15) is 4.79 Å². The number of hydrogen-bond acceptors (Lipinski definition) is 5. The van der Waals surface area contributed by atoms with Crippen LogP contribution in [0.25, 0.3) is 11.4 Å². The molecule has 2 N–H and O–H groups in total. The summed E-state index contributed by atoms with van der Waals surface area (Å²) in [6.45, 7) is 0.502. The fraction of sp³-hybridized carbons (Fsp3) is 0.154. The van der Waals surface area contributed by atoms with Gasteiger partial charge in [-0.15, -0.1) is 10.2 Å². The van der Waals surface area contributed by atoms with Crippen LogP contribution in [0.1, 0.15) is 15.9 Å². The molecule has 3 aromatic rings. The number of benzene rings is 1. The predicted octanol–water partition coefficient (Wildman–Crippen LogP) is 0.862. The summed E-state index contributed by atoms with van der Waals surface area (Å²) in [5.74, 6) is 0.441. The third-order valence-corrected chi connectivity index (χ3v) is 3.06. The molecule has 8 heteroatoms. The van der Waals surface area contributed by atoms with Crippen molar-refractivity contribution >= 4 is 5.91 Å². The third-order valence-electron chi connectivity index (χ3n) is 3.06. The first-order valence-corrected chi connectivity index (χ1v) is 6.31. The van der Waals surface area contributed by atoms with Crippen LogP contribution in [-0.4, -0.2) is 48.7 Å². The quantitative estimate of drug-likeness (QED) is 0.739.